The predicted molar refractivity (Wildman–Crippen MR) is 117 cm³/mol. The summed E-state index contributed by atoms with van der Waals surface area (Å²) in [6, 6.07) is 6.90. The Labute approximate surface area is 186 Å². The number of nitrogens with zero attached hydrogens (tertiary/aromatic N) is 1. The van der Waals surface area contributed by atoms with E-state index in [1.807, 2.05) is 0 Å². The fourth-order valence-electron chi connectivity index (χ4n) is 3.60. The smallest absolute Gasteiger partial charge is 0.419 e. The maximum Gasteiger partial charge on any atom is 0.419 e. The zero-order valence-electron chi connectivity index (χ0n) is 17.3. The van der Waals surface area contributed by atoms with Crippen molar-refractivity contribution in [1.82, 2.24) is 10.2 Å². The lowest BCUT2D eigenvalue weighted by Crippen LogP contribution is -2.52. The molecule has 0 aliphatic carbocycles. The number of aromatic amines is 1. The van der Waals surface area contributed by atoms with Crippen LogP contribution in [0.1, 0.15) is 24.9 Å². The van der Waals surface area contributed by atoms with Crippen molar-refractivity contribution in [2.75, 3.05) is 12.4 Å². The molecule has 2 atom stereocenters. The lowest BCUT2D eigenvalue weighted by molar-refractivity contribution is -0.266. The minimum atomic E-state index is -5.05. The zero-order valence-corrected chi connectivity index (χ0v) is 18.0. The van der Waals surface area contributed by atoms with Gasteiger partial charge in [-0.05, 0) is 31.2 Å². The Morgan fingerprint density at radius 2 is 2.03 bits per heavy atom. The number of alkyl halides is 3. The third-order valence-corrected chi connectivity index (χ3v) is 5.29. The number of nitrogens with one attached hydrogen (secondary N) is 2. The minimum absolute atomic E-state index is 0.0211. The SMILES string of the molecule is C=C(C)CC(O)(C(Nc1cccc2c(=O)[nH]ncc12)c1ccc(Cl)cc1OC)C(F)(F)F. The summed E-state index contributed by atoms with van der Waals surface area (Å²) in [5, 5.41) is 20.7. The molecule has 0 spiro atoms. The number of anilines is 1. The average molecular weight is 468 g/mol. The van der Waals surface area contributed by atoms with Gasteiger partial charge < -0.3 is 15.2 Å². The van der Waals surface area contributed by atoms with Crippen molar-refractivity contribution in [2.24, 2.45) is 0 Å². The molecule has 2 unspecified atom stereocenters. The van der Waals surface area contributed by atoms with Crippen molar-refractivity contribution < 1.29 is 23.0 Å². The van der Waals surface area contributed by atoms with Gasteiger partial charge in [0.2, 0.25) is 0 Å². The van der Waals surface area contributed by atoms with Crippen LogP contribution < -0.4 is 15.6 Å². The normalized spacial score (nSPS) is 14.6. The zero-order chi connectivity index (χ0) is 23.7. The number of methoxy groups -OCH3 is 1. The van der Waals surface area contributed by atoms with Crippen molar-refractivity contribution >= 4 is 28.1 Å². The lowest BCUT2D eigenvalue weighted by atomic mass is 9.82. The molecular formula is C22H21ClF3N3O3. The summed E-state index contributed by atoms with van der Waals surface area (Å²) in [5.41, 5.74) is -3.45. The summed E-state index contributed by atoms with van der Waals surface area (Å²) in [6.45, 7) is 4.96. The number of ether oxygens (including phenoxy) is 1. The highest BCUT2D eigenvalue weighted by Crippen LogP contribution is 2.48. The van der Waals surface area contributed by atoms with Gasteiger partial charge in [-0.25, -0.2) is 5.10 Å². The third-order valence-electron chi connectivity index (χ3n) is 5.06. The first-order valence-corrected chi connectivity index (χ1v) is 9.85. The van der Waals surface area contributed by atoms with E-state index in [9.17, 15) is 23.1 Å². The number of hydrogen-bond donors (Lipinski definition) is 3. The molecule has 0 aliphatic rings. The van der Waals surface area contributed by atoms with Crippen LogP contribution in [0.4, 0.5) is 18.9 Å². The Balaban J connectivity index is 2.28. The van der Waals surface area contributed by atoms with Gasteiger partial charge in [-0.1, -0.05) is 29.3 Å². The standard InChI is InChI=1S/C22H21ClF3N3O3/c1-12(2)10-21(31,22(24,25)26)19(15-8-7-13(23)9-18(15)32-3)28-17-6-4-5-14-16(17)11-27-29-20(14)30/h4-9,11,19,28,31H,1,10H2,2-3H3,(H,29,30). The molecule has 1 aromatic heterocycles. The van der Waals surface area contributed by atoms with Crippen LogP contribution in [0.3, 0.4) is 0 Å². The van der Waals surface area contributed by atoms with Gasteiger partial charge in [0.05, 0.1) is 24.7 Å². The van der Waals surface area contributed by atoms with Crippen LogP contribution in [0.2, 0.25) is 5.02 Å². The molecule has 0 saturated heterocycles. The molecule has 0 aliphatic heterocycles. The van der Waals surface area contributed by atoms with E-state index < -0.39 is 29.8 Å². The maximum atomic E-state index is 14.3. The Hall–Kier alpha value is -3.04. The number of aromatic nitrogens is 2. The van der Waals surface area contributed by atoms with Crippen LogP contribution in [-0.4, -0.2) is 34.2 Å². The largest absolute Gasteiger partial charge is 0.496 e. The summed E-state index contributed by atoms with van der Waals surface area (Å²) in [7, 11) is 1.29. The molecule has 2 aromatic carbocycles. The van der Waals surface area contributed by atoms with Crippen LogP contribution in [0.5, 0.6) is 5.75 Å². The Bertz CT molecular complexity index is 1210. The van der Waals surface area contributed by atoms with Crippen molar-refractivity contribution in [3.8, 4) is 5.75 Å². The van der Waals surface area contributed by atoms with Crippen LogP contribution >= 0.6 is 11.6 Å². The van der Waals surface area contributed by atoms with Gasteiger partial charge >= 0.3 is 6.18 Å². The number of hydrogen-bond acceptors (Lipinski definition) is 5. The summed E-state index contributed by atoms with van der Waals surface area (Å²) >= 11 is 6.00. The number of fused-ring (bicyclic) bond motifs is 1. The first-order chi connectivity index (χ1) is 15.0. The fourth-order valence-corrected chi connectivity index (χ4v) is 3.77. The van der Waals surface area contributed by atoms with E-state index in [4.69, 9.17) is 16.3 Å². The van der Waals surface area contributed by atoms with E-state index in [0.717, 1.165) is 0 Å². The second kappa shape index (κ2) is 8.84. The van der Waals surface area contributed by atoms with E-state index in [1.165, 1.54) is 56.6 Å². The topological polar surface area (TPSA) is 87.2 Å². The summed E-state index contributed by atoms with van der Waals surface area (Å²) in [5.74, 6) is 0.0515. The number of halogens is 4. The number of rotatable bonds is 7. The van der Waals surface area contributed by atoms with Crippen LogP contribution in [0.25, 0.3) is 10.8 Å². The molecule has 3 aromatic rings. The van der Waals surface area contributed by atoms with Gasteiger partial charge in [-0.2, -0.15) is 18.3 Å². The van der Waals surface area contributed by atoms with E-state index in [0.29, 0.717) is 0 Å². The fraction of sp³-hybridized carbons (Fsp3) is 0.273. The summed E-state index contributed by atoms with van der Waals surface area (Å²) < 4.78 is 48.3. The van der Waals surface area contributed by atoms with Crippen molar-refractivity contribution in [2.45, 2.75) is 31.2 Å². The van der Waals surface area contributed by atoms with E-state index in [1.54, 1.807) is 0 Å². The molecule has 0 fully saturated rings. The van der Waals surface area contributed by atoms with Gasteiger partial charge in [0.1, 0.15) is 5.75 Å². The highest BCUT2D eigenvalue weighted by atomic mass is 35.5. The van der Waals surface area contributed by atoms with Gasteiger partial charge in [-0.15, -0.1) is 6.58 Å². The van der Waals surface area contributed by atoms with E-state index >= 15 is 0 Å². The van der Waals surface area contributed by atoms with Crippen molar-refractivity contribution in [3.05, 3.63) is 75.7 Å². The summed E-state index contributed by atoms with van der Waals surface area (Å²) in [4.78, 5) is 12.1. The highest BCUT2D eigenvalue weighted by Gasteiger charge is 2.59. The Kier molecular flexibility index (Phi) is 6.52. The summed E-state index contributed by atoms with van der Waals surface area (Å²) in [6.07, 6.45) is -4.50. The van der Waals surface area contributed by atoms with Gasteiger partial charge in [-0.3, -0.25) is 4.79 Å². The lowest BCUT2D eigenvalue weighted by Gasteiger charge is -2.39. The molecule has 32 heavy (non-hydrogen) atoms. The molecule has 10 heteroatoms. The first-order valence-electron chi connectivity index (χ1n) is 9.48. The first kappa shape index (κ1) is 23.6. The molecule has 3 N–H and O–H groups in total. The van der Waals surface area contributed by atoms with E-state index in [-0.39, 0.29) is 38.4 Å². The van der Waals surface area contributed by atoms with Gasteiger partial charge in [0.25, 0.3) is 5.56 Å². The number of benzene rings is 2. The van der Waals surface area contributed by atoms with Crippen LogP contribution in [0, 0.1) is 0 Å². The second-order valence-corrected chi connectivity index (χ2v) is 7.92. The molecule has 0 radical (unpaired) electrons. The molecule has 0 bridgehead atoms. The molecule has 0 saturated carbocycles. The monoisotopic (exact) mass is 467 g/mol. The number of H-pyrrole nitrogens is 1. The quantitative estimate of drug-likeness (QED) is 0.426. The molecule has 170 valence electrons. The van der Waals surface area contributed by atoms with E-state index in [2.05, 4.69) is 22.1 Å². The Morgan fingerprint density at radius 3 is 2.66 bits per heavy atom. The molecule has 0 amide bonds. The molecule has 6 nitrogen and oxygen atoms in total. The van der Waals surface area contributed by atoms with Crippen LogP contribution in [-0.2, 0) is 0 Å². The van der Waals surface area contributed by atoms with Crippen molar-refractivity contribution in [3.63, 3.8) is 0 Å². The third kappa shape index (κ3) is 4.44. The molecule has 1 heterocycles. The second-order valence-electron chi connectivity index (χ2n) is 7.49. The molecular weight excluding hydrogens is 447 g/mol. The van der Waals surface area contributed by atoms with Crippen LogP contribution in [0.15, 0.2) is 59.5 Å². The molecule has 3 rings (SSSR count). The van der Waals surface area contributed by atoms with Gasteiger partial charge in [0, 0.05) is 28.1 Å². The Morgan fingerprint density at radius 1 is 1.31 bits per heavy atom. The maximum absolute atomic E-state index is 14.3. The average Bonchev–Trinajstić information content (AvgIpc) is 2.71. The highest BCUT2D eigenvalue weighted by molar-refractivity contribution is 6.30. The predicted octanol–water partition coefficient (Wildman–Crippen LogP) is 5.00. The van der Waals surface area contributed by atoms with Crippen molar-refractivity contribution in [1.29, 1.82) is 0 Å². The van der Waals surface area contributed by atoms with Gasteiger partial charge in [0.15, 0.2) is 5.60 Å². The minimum Gasteiger partial charge on any atom is -0.496 e. The number of aliphatic hydroxyl groups is 1.